The summed E-state index contributed by atoms with van der Waals surface area (Å²) in [6.45, 7) is 6.59. The molecule has 2 atom stereocenters. The number of H-pyrrole nitrogens is 1. The van der Waals surface area contributed by atoms with Crippen LogP contribution in [-0.4, -0.2) is 11.1 Å². The van der Waals surface area contributed by atoms with Crippen molar-refractivity contribution in [2.24, 2.45) is 0 Å². The summed E-state index contributed by atoms with van der Waals surface area (Å²) in [6.07, 6.45) is 14.7. The molecular weight excluding hydrogens is 282 g/mol. The summed E-state index contributed by atoms with van der Waals surface area (Å²) in [5.41, 5.74) is 1.17. The largest absolute Gasteiger partial charge is 0.369 e. The maximum atomic E-state index is 6.02. The van der Waals surface area contributed by atoms with Crippen LogP contribution in [0.2, 0.25) is 0 Å². The third-order valence-corrected chi connectivity index (χ3v) is 3.96. The van der Waals surface area contributed by atoms with Crippen molar-refractivity contribution in [2.75, 3.05) is 0 Å². The number of nitrogens with one attached hydrogen (secondary N) is 1. The Kier molecular flexibility index (Phi) is 12.9. The number of aromatic amines is 1. The van der Waals surface area contributed by atoms with Crippen molar-refractivity contribution in [2.45, 2.75) is 90.8 Å². The first-order valence-corrected chi connectivity index (χ1v) is 8.52. The maximum absolute atomic E-state index is 6.02. The predicted octanol–water partition coefficient (Wildman–Crippen LogP) is 6.43. The van der Waals surface area contributed by atoms with Gasteiger partial charge in [-0.15, -0.1) is 12.4 Å². The first-order chi connectivity index (χ1) is 9.74. The monoisotopic (exact) mass is 315 g/mol. The van der Waals surface area contributed by atoms with Gasteiger partial charge in [-0.05, 0) is 32.4 Å². The quantitative estimate of drug-likeness (QED) is 0.441. The lowest BCUT2D eigenvalue weighted by Crippen LogP contribution is -2.11. The molecule has 0 amide bonds. The van der Waals surface area contributed by atoms with Gasteiger partial charge in [-0.3, -0.25) is 0 Å². The minimum atomic E-state index is 0. The number of unbranched alkanes of at least 4 members (excludes halogenated alkanes) is 7. The molecule has 2 nitrogen and oxygen atoms in total. The first kappa shape index (κ1) is 20.5. The van der Waals surface area contributed by atoms with Gasteiger partial charge in [0.2, 0.25) is 0 Å². The smallest absolute Gasteiger partial charge is 0.0948 e. The number of hydrogen-bond donors (Lipinski definition) is 1. The van der Waals surface area contributed by atoms with Gasteiger partial charge in [0.05, 0.1) is 12.2 Å². The molecule has 0 fully saturated rings. The van der Waals surface area contributed by atoms with Crippen molar-refractivity contribution in [1.82, 2.24) is 4.98 Å². The molecule has 0 aliphatic heterocycles. The molecule has 1 aromatic heterocycles. The zero-order valence-corrected chi connectivity index (χ0v) is 14.9. The lowest BCUT2D eigenvalue weighted by Gasteiger charge is -2.18. The average molecular weight is 316 g/mol. The second-order valence-electron chi connectivity index (χ2n) is 5.98. The number of hydrogen-bond acceptors (Lipinski definition) is 1. The van der Waals surface area contributed by atoms with Crippen LogP contribution in [0.5, 0.6) is 0 Å². The normalized spacial score (nSPS) is 13.7. The summed E-state index contributed by atoms with van der Waals surface area (Å²) in [7, 11) is 0. The van der Waals surface area contributed by atoms with Crippen molar-refractivity contribution in [3.63, 3.8) is 0 Å². The maximum Gasteiger partial charge on any atom is 0.0948 e. The summed E-state index contributed by atoms with van der Waals surface area (Å²) in [6, 6.07) is 4.12. The van der Waals surface area contributed by atoms with Crippen LogP contribution in [0.4, 0.5) is 0 Å². The molecular formula is C18H34ClNO. The molecule has 0 saturated heterocycles. The van der Waals surface area contributed by atoms with E-state index in [2.05, 4.69) is 31.8 Å². The molecule has 1 aromatic rings. The van der Waals surface area contributed by atoms with Crippen LogP contribution in [0, 0.1) is 0 Å². The van der Waals surface area contributed by atoms with E-state index < -0.39 is 0 Å². The highest BCUT2D eigenvalue weighted by molar-refractivity contribution is 5.85. The fraction of sp³-hybridized carbons (Fsp3) is 0.778. The van der Waals surface area contributed by atoms with E-state index in [4.69, 9.17) is 4.74 Å². The Balaban J connectivity index is 0.00000400. The number of ether oxygens (including phenoxy) is 1. The van der Waals surface area contributed by atoms with E-state index in [-0.39, 0.29) is 18.5 Å². The lowest BCUT2D eigenvalue weighted by atomic mass is 10.1. The zero-order chi connectivity index (χ0) is 14.6. The Morgan fingerprint density at radius 3 is 2.19 bits per heavy atom. The summed E-state index contributed by atoms with van der Waals surface area (Å²) < 4.78 is 6.02. The molecule has 0 spiro atoms. The average Bonchev–Trinajstić information content (AvgIpc) is 2.96. The summed E-state index contributed by atoms with van der Waals surface area (Å²) in [4.78, 5) is 3.22. The van der Waals surface area contributed by atoms with Crippen molar-refractivity contribution in [3.05, 3.63) is 24.0 Å². The van der Waals surface area contributed by atoms with Crippen molar-refractivity contribution in [1.29, 1.82) is 0 Å². The van der Waals surface area contributed by atoms with Gasteiger partial charge in [0, 0.05) is 11.9 Å². The highest BCUT2D eigenvalue weighted by atomic mass is 35.5. The molecule has 3 heteroatoms. The van der Waals surface area contributed by atoms with Gasteiger partial charge in [0.15, 0.2) is 0 Å². The second kappa shape index (κ2) is 13.2. The van der Waals surface area contributed by atoms with Crippen LogP contribution in [-0.2, 0) is 4.74 Å². The van der Waals surface area contributed by atoms with E-state index in [1.807, 2.05) is 12.3 Å². The minimum absolute atomic E-state index is 0. The van der Waals surface area contributed by atoms with Gasteiger partial charge < -0.3 is 9.72 Å². The van der Waals surface area contributed by atoms with Gasteiger partial charge in [-0.2, -0.15) is 0 Å². The molecule has 0 saturated carbocycles. The highest BCUT2D eigenvalue weighted by Gasteiger charge is 2.10. The standard InChI is InChI=1S/C18H33NO.ClH/c1-4-5-6-7-8-9-10-11-13-16(2)20-17(3)18-14-12-15-19-18;/h12,14-17,19H,4-11,13H2,1-3H3;1H. The van der Waals surface area contributed by atoms with E-state index in [0.717, 1.165) is 0 Å². The van der Waals surface area contributed by atoms with Gasteiger partial charge in [-0.1, -0.05) is 58.3 Å². The van der Waals surface area contributed by atoms with Crippen molar-refractivity contribution >= 4 is 12.4 Å². The third kappa shape index (κ3) is 9.97. The van der Waals surface area contributed by atoms with E-state index >= 15 is 0 Å². The van der Waals surface area contributed by atoms with Crippen LogP contribution < -0.4 is 0 Å². The molecule has 21 heavy (non-hydrogen) atoms. The lowest BCUT2D eigenvalue weighted by molar-refractivity contribution is -0.000313. The van der Waals surface area contributed by atoms with Crippen LogP contribution in [0.25, 0.3) is 0 Å². The predicted molar refractivity (Wildman–Crippen MR) is 94.2 cm³/mol. The van der Waals surface area contributed by atoms with E-state index in [1.54, 1.807) is 0 Å². The molecule has 0 bridgehead atoms. The van der Waals surface area contributed by atoms with E-state index in [9.17, 15) is 0 Å². The van der Waals surface area contributed by atoms with Gasteiger partial charge >= 0.3 is 0 Å². The van der Waals surface area contributed by atoms with Gasteiger partial charge in [0.1, 0.15) is 0 Å². The van der Waals surface area contributed by atoms with Gasteiger partial charge in [-0.25, -0.2) is 0 Å². The van der Waals surface area contributed by atoms with Crippen molar-refractivity contribution < 1.29 is 4.74 Å². The van der Waals surface area contributed by atoms with Crippen LogP contribution in [0.3, 0.4) is 0 Å². The number of halogens is 1. The minimum Gasteiger partial charge on any atom is -0.369 e. The second-order valence-corrected chi connectivity index (χ2v) is 5.98. The molecule has 1 N–H and O–H groups in total. The van der Waals surface area contributed by atoms with E-state index in [1.165, 1.54) is 63.5 Å². The Morgan fingerprint density at radius 1 is 1.00 bits per heavy atom. The molecule has 0 aromatic carbocycles. The Morgan fingerprint density at radius 2 is 1.62 bits per heavy atom. The molecule has 2 unspecified atom stereocenters. The van der Waals surface area contributed by atoms with Crippen molar-refractivity contribution in [3.8, 4) is 0 Å². The van der Waals surface area contributed by atoms with Gasteiger partial charge in [0.25, 0.3) is 0 Å². The molecule has 0 aliphatic carbocycles. The fourth-order valence-electron chi connectivity index (χ4n) is 2.65. The van der Waals surface area contributed by atoms with Crippen LogP contribution >= 0.6 is 12.4 Å². The molecule has 124 valence electrons. The van der Waals surface area contributed by atoms with Crippen LogP contribution in [0.1, 0.15) is 90.4 Å². The Hall–Kier alpha value is -0.470. The fourth-order valence-corrected chi connectivity index (χ4v) is 2.65. The Labute approximate surface area is 137 Å². The summed E-state index contributed by atoms with van der Waals surface area (Å²) >= 11 is 0. The number of rotatable bonds is 12. The Bertz CT molecular complexity index is 313. The zero-order valence-electron chi connectivity index (χ0n) is 14.1. The summed E-state index contributed by atoms with van der Waals surface area (Å²) in [5, 5.41) is 0. The molecule has 0 radical (unpaired) electrons. The summed E-state index contributed by atoms with van der Waals surface area (Å²) in [5.74, 6) is 0. The highest BCUT2D eigenvalue weighted by Crippen LogP contribution is 2.19. The number of aromatic nitrogens is 1. The third-order valence-electron chi connectivity index (χ3n) is 3.96. The first-order valence-electron chi connectivity index (χ1n) is 8.52. The van der Waals surface area contributed by atoms with E-state index in [0.29, 0.717) is 6.10 Å². The van der Waals surface area contributed by atoms with Crippen LogP contribution in [0.15, 0.2) is 18.3 Å². The molecule has 1 heterocycles. The molecule has 0 aliphatic rings. The SMILES string of the molecule is CCCCCCCCCCC(C)OC(C)c1ccc[nH]1.Cl. The molecule has 1 rings (SSSR count). The topological polar surface area (TPSA) is 25.0 Å².